The molecule has 0 spiro atoms. The number of benzene rings is 2. The highest BCUT2D eigenvalue weighted by atomic mass is 35.5. The van der Waals surface area contributed by atoms with Crippen LogP contribution in [0.15, 0.2) is 24.3 Å². The number of carbonyl (C=O) groups is 2. The van der Waals surface area contributed by atoms with Crippen LogP contribution in [0, 0.1) is 0 Å². The lowest BCUT2D eigenvalue weighted by atomic mass is 9.96. The van der Waals surface area contributed by atoms with E-state index < -0.39 is 0 Å². The zero-order valence-electron chi connectivity index (χ0n) is 9.79. The van der Waals surface area contributed by atoms with Crippen LogP contribution in [0.1, 0.15) is 20.7 Å². The topological polar surface area (TPSA) is 34.1 Å². The van der Waals surface area contributed by atoms with Gasteiger partial charge >= 0.3 is 0 Å². The molecule has 0 aliphatic rings. The second-order valence-corrected chi connectivity index (χ2v) is 5.38. The molecule has 0 saturated carbocycles. The van der Waals surface area contributed by atoms with Crippen molar-refractivity contribution < 1.29 is 9.59 Å². The van der Waals surface area contributed by atoms with Crippen molar-refractivity contribution in [3.8, 4) is 11.1 Å². The van der Waals surface area contributed by atoms with Gasteiger partial charge in [0.05, 0.1) is 20.1 Å². The van der Waals surface area contributed by atoms with Crippen LogP contribution in [0.2, 0.25) is 20.1 Å². The molecule has 0 N–H and O–H groups in total. The molecule has 0 aromatic heterocycles. The summed E-state index contributed by atoms with van der Waals surface area (Å²) in [6.07, 6.45) is 1.20. The van der Waals surface area contributed by atoms with Crippen LogP contribution in [0.3, 0.4) is 0 Å². The average molecular weight is 348 g/mol. The van der Waals surface area contributed by atoms with Gasteiger partial charge in [0.15, 0.2) is 12.6 Å². The Balaban J connectivity index is 2.93. The van der Waals surface area contributed by atoms with E-state index in [2.05, 4.69) is 0 Å². The Hall–Kier alpha value is -1.06. The summed E-state index contributed by atoms with van der Waals surface area (Å²) in [5.41, 5.74) is 1.23. The van der Waals surface area contributed by atoms with Gasteiger partial charge in [-0.05, 0) is 5.56 Å². The summed E-state index contributed by atoms with van der Waals surface area (Å²) in [6.45, 7) is 0. The maximum Gasteiger partial charge on any atom is 0.152 e. The minimum atomic E-state index is 0.00627. The maximum atomic E-state index is 11.3. The normalized spacial score (nSPS) is 10.4. The molecule has 0 fully saturated rings. The summed E-state index contributed by atoms with van der Waals surface area (Å²) in [7, 11) is 0. The Morgan fingerprint density at radius 3 is 1.95 bits per heavy atom. The molecule has 0 unspecified atom stereocenters. The molecule has 2 aromatic rings. The lowest BCUT2D eigenvalue weighted by molar-refractivity contribution is 0.111. The van der Waals surface area contributed by atoms with Crippen molar-refractivity contribution in [2.75, 3.05) is 0 Å². The first-order chi connectivity index (χ1) is 9.52. The lowest BCUT2D eigenvalue weighted by Gasteiger charge is -2.14. The van der Waals surface area contributed by atoms with Crippen LogP contribution >= 0.6 is 46.4 Å². The van der Waals surface area contributed by atoms with E-state index in [1.54, 1.807) is 24.3 Å². The highest BCUT2D eigenvalue weighted by Gasteiger charge is 2.22. The third-order valence-electron chi connectivity index (χ3n) is 2.78. The number of hydrogen-bond acceptors (Lipinski definition) is 2. The second kappa shape index (κ2) is 6.15. The van der Waals surface area contributed by atoms with Crippen molar-refractivity contribution >= 4 is 59.0 Å². The maximum absolute atomic E-state index is 11.3. The Kier molecular flexibility index (Phi) is 4.71. The van der Waals surface area contributed by atoms with Crippen molar-refractivity contribution in [1.29, 1.82) is 0 Å². The summed E-state index contributed by atoms with van der Waals surface area (Å²) in [6, 6.07) is 6.66. The van der Waals surface area contributed by atoms with Crippen LogP contribution in [-0.2, 0) is 0 Å². The minimum Gasteiger partial charge on any atom is -0.298 e. The lowest BCUT2D eigenvalue weighted by Crippen LogP contribution is -1.96. The zero-order chi connectivity index (χ0) is 14.9. The van der Waals surface area contributed by atoms with E-state index >= 15 is 0 Å². The van der Waals surface area contributed by atoms with Crippen LogP contribution in [0.4, 0.5) is 0 Å². The van der Waals surface area contributed by atoms with Gasteiger partial charge in [0.1, 0.15) is 0 Å². The SMILES string of the molecule is O=Cc1ccccc1-c1c(Cl)c(Cl)c(Cl)c(Cl)c1C=O. The fourth-order valence-corrected chi connectivity index (χ4v) is 2.86. The van der Waals surface area contributed by atoms with Gasteiger partial charge in [-0.25, -0.2) is 0 Å². The zero-order valence-corrected chi connectivity index (χ0v) is 12.8. The molecule has 0 aliphatic heterocycles. The summed E-state index contributed by atoms with van der Waals surface area (Å²) in [5, 5.41) is 0.136. The Morgan fingerprint density at radius 1 is 0.750 bits per heavy atom. The molecular weight excluding hydrogens is 342 g/mol. The molecule has 6 heteroatoms. The van der Waals surface area contributed by atoms with Gasteiger partial charge < -0.3 is 0 Å². The van der Waals surface area contributed by atoms with Crippen molar-refractivity contribution in [1.82, 2.24) is 0 Å². The predicted octanol–water partition coefficient (Wildman–Crippen LogP) is 5.59. The van der Waals surface area contributed by atoms with Crippen molar-refractivity contribution in [2.45, 2.75) is 0 Å². The number of aldehydes is 2. The van der Waals surface area contributed by atoms with Crippen molar-refractivity contribution in [3.63, 3.8) is 0 Å². The first-order valence-electron chi connectivity index (χ1n) is 5.38. The Bertz CT molecular complexity index is 711. The van der Waals surface area contributed by atoms with E-state index in [0.717, 1.165) is 0 Å². The summed E-state index contributed by atoms with van der Waals surface area (Å²) in [5.74, 6) is 0. The molecule has 0 saturated heterocycles. The molecule has 0 aliphatic carbocycles. The molecule has 2 nitrogen and oxygen atoms in total. The van der Waals surface area contributed by atoms with Crippen LogP contribution in [-0.4, -0.2) is 12.6 Å². The smallest absolute Gasteiger partial charge is 0.152 e. The number of rotatable bonds is 3. The molecule has 0 atom stereocenters. The minimum absolute atomic E-state index is 0.00627. The average Bonchev–Trinajstić information content (AvgIpc) is 2.48. The third kappa shape index (κ3) is 2.45. The van der Waals surface area contributed by atoms with Crippen LogP contribution in [0.5, 0.6) is 0 Å². The van der Waals surface area contributed by atoms with Crippen LogP contribution in [0.25, 0.3) is 11.1 Å². The van der Waals surface area contributed by atoms with Crippen molar-refractivity contribution in [2.24, 2.45) is 0 Å². The molecule has 20 heavy (non-hydrogen) atoms. The Morgan fingerprint density at radius 2 is 1.35 bits per heavy atom. The molecule has 0 amide bonds. The number of carbonyl (C=O) groups excluding carboxylic acids is 2. The fourth-order valence-electron chi connectivity index (χ4n) is 1.85. The third-order valence-corrected chi connectivity index (χ3v) is 4.60. The molecule has 2 aromatic carbocycles. The van der Waals surface area contributed by atoms with E-state index in [1.165, 1.54) is 0 Å². The van der Waals surface area contributed by atoms with Crippen LogP contribution < -0.4 is 0 Å². The fraction of sp³-hybridized carbons (Fsp3) is 0. The van der Waals surface area contributed by atoms with E-state index in [1.807, 2.05) is 0 Å². The van der Waals surface area contributed by atoms with Gasteiger partial charge in [-0.2, -0.15) is 0 Å². The molecule has 2 rings (SSSR count). The first kappa shape index (κ1) is 15.3. The standard InChI is InChI=1S/C14H6Cl4O2/c15-11-9(6-20)10(12(16)14(18)13(11)17)8-4-2-1-3-7(8)5-19/h1-6H. The quantitative estimate of drug-likeness (QED) is 0.412. The second-order valence-electron chi connectivity index (χ2n) is 3.87. The monoisotopic (exact) mass is 346 g/mol. The van der Waals surface area contributed by atoms with E-state index in [9.17, 15) is 9.59 Å². The van der Waals surface area contributed by atoms with Gasteiger partial charge in [0, 0.05) is 16.7 Å². The highest BCUT2D eigenvalue weighted by molar-refractivity contribution is 6.53. The molecular formula is C14H6Cl4O2. The van der Waals surface area contributed by atoms with Gasteiger partial charge in [0.2, 0.25) is 0 Å². The van der Waals surface area contributed by atoms with Gasteiger partial charge in [0.25, 0.3) is 0 Å². The van der Waals surface area contributed by atoms with Gasteiger partial charge in [-0.3, -0.25) is 9.59 Å². The van der Waals surface area contributed by atoms with E-state index in [0.29, 0.717) is 29.3 Å². The molecule has 0 bridgehead atoms. The molecule has 0 heterocycles. The van der Waals surface area contributed by atoms with Crippen molar-refractivity contribution in [3.05, 3.63) is 55.5 Å². The first-order valence-corrected chi connectivity index (χ1v) is 6.89. The summed E-state index contributed by atoms with van der Waals surface area (Å²) >= 11 is 24.1. The Labute approximate surface area is 135 Å². The predicted molar refractivity (Wildman–Crippen MR) is 82.7 cm³/mol. The van der Waals surface area contributed by atoms with Gasteiger partial charge in [-0.1, -0.05) is 70.7 Å². The number of halogens is 4. The largest absolute Gasteiger partial charge is 0.298 e. The van der Waals surface area contributed by atoms with E-state index in [-0.39, 0.29) is 25.7 Å². The highest BCUT2D eigenvalue weighted by Crippen LogP contribution is 2.45. The summed E-state index contributed by atoms with van der Waals surface area (Å²) < 4.78 is 0. The summed E-state index contributed by atoms with van der Waals surface area (Å²) in [4.78, 5) is 22.4. The van der Waals surface area contributed by atoms with Gasteiger partial charge in [-0.15, -0.1) is 0 Å². The molecule has 102 valence electrons. The van der Waals surface area contributed by atoms with E-state index in [4.69, 9.17) is 46.4 Å². The molecule has 0 radical (unpaired) electrons. The number of hydrogen-bond donors (Lipinski definition) is 0.